The van der Waals surface area contributed by atoms with Crippen LogP contribution in [0.3, 0.4) is 0 Å². The third-order valence-corrected chi connectivity index (χ3v) is 19.1. The molecule has 6 heteroatoms. The molecule has 0 saturated heterocycles. The second-order valence-electron chi connectivity index (χ2n) is 28.1. The van der Waals surface area contributed by atoms with Gasteiger partial charge < -0.3 is 20.3 Å². The molecule has 2 unspecified atom stereocenters. The van der Waals surface area contributed by atoms with Gasteiger partial charge in [0.2, 0.25) is 5.91 Å². The average Bonchev–Trinajstić information content (AvgIpc) is 3.62. The van der Waals surface area contributed by atoms with Gasteiger partial charge in [-0.15, -0.1) is 0 Å². The summed E-state index contributed by atoms with van der Waals surface area (Å²) in [5, 5.41) is 23.3. The van der Waals surface area contributed by atoms with E-state index in [0.717, 1.165) is 51.4 Å². The molecule has 0 spiro atoms. The Morgan fingerprint density at radius 1 is 0.311 bits per heavy atom. The number of carbonyl (C=O) groups is 2. The molecule has 0 fully saturated rings. The maximum atomic E-state index is 12.5. The van der Waals surface area contributed by atoms with Gasteiger partial charge in [0.15, 0.2) is 0 Å². The summed E-state index contributed by atoms with van der Waals surface area (Å²) in [5.41, 5.74) is 0. The summed E-state index contributed by atoms with van der Waals surface area (Å²) < 4.78 is 5.49. The zero-order valence-electron chi connectivity index (χ0n) is 60.9. The van der Waals surface area contributed by atoms with E-state index >= 15 is 0 Å². The van der Waals surface area contributed by atoms with Crippen molar-refractivity contribution in [3.05, 3.63) is 48.6 Å². The van der Waals surface area contributed by atoms with Crippen molar-refractivity contribution < 1.29 is 24.5 Å². The number of aliphatic hydroxyl groups excluding tert-OH is 2. The van der Waals surface area contributed by atoms with Crippen LogP contribution in [0.15, 0.2) is 48.6 Å². The molecular formula is C84H159NO5. The molecule has 0 aliphatic rings. The third kappa shape index (κ3) is 74.9. The number of hydrogen-bond acceptors (Lipinski definition) is 5. The molecule has 0 aromatic rings. The van der Waals surface area contributed by atoms with Crippen LogP contribution in [0, 0.1) is 0 Å². The van der Waals surface area contributed by atoms with Gasteiger partial charge in [-0.1, -0.05) is 396 Å². The molecule has 3 N–H and O–H groups in total. The van der Waals surface area contributed by atoms with E-state index in [-0.39, 0.29) is 18.5 Å². The zero-order chi connectivity index (χ0) is 64.9. The van der Waals surface area contributed by atoms with Crippen molar-refractivity contribution in [2.45, 2.75) is 463 Å². The first-order chi connectivity index (χ1) is 44.5. The van der Waals surface area contributed by atoms with Crippen LogP contribution < -0.4 is 5.32 Å². The van der Waals surface area contributed by atoms with Crippen LogP contribution >= 0.6 is 0 Å². The highest BCUT2D eigenvalue weighted by Gasteiger charge is 2.18. The number of carbonyl (C=O) groups excluding carboxylic acids is 2. The number of hydrogen-bond donors (Lipinski definition) is 3. The fraction of sp³-hybridized carbons (Fsp3) is 0.881. The number of allylic oxidation sites excluding steroid dienone is 7. The highest BCUT2D eigenvalue weighted by Crippen LogP contribution is 2.20. The minimum atomic E-state index is -0.843. The molecule has 0 aliphatic heterocycles. The first-order valence-corrected chi connectivity index (χ1v) is 40.9. The second kappa shape index (κ2) is 79.3. The number of unbranched alkanes of at least 4 members (excludes halogenated alkanes) is 60. The van der Waals surface area contributed by atoms with Crippen LogP contribution in [0.4, 0.5) is 0 Å². The first kappa shape index (κ1) is 87.8. The lowest BCUT2D eigenvalue weighted by atomic mass is 10.0. The second-order valence-corrected chi connectivity index (χ2v) is 28.1. The van der Waals surface area contributed by atoms with Crippen molar-refractivity contribution in [3.63, 3.8) is 0 Å². The number of rotatable bonds is 77. The Morgan fingerprint density at radius 3 is 0.878 bits per heavy atom. The molecule has 0 aliphatic carbocycles. The van der Waals surface area contributed by atoms with Crippen molar-refractivity contribution in [2.75, 3.05) is 13.2 Å². The molecule has 0 radical (unpaired) electrons. The van der Waals surface area contributed by atoms with E-state index in [1.54, 1.807) is 6.08 Å². The monoisotopic (exact) mass is 1260 g/mol. The molecule has 1 amide bonds. The minimum absolute atomic E-state index is 0.00863. The molecule has 0 bridgehead atoms. The van der Waals surface area contributed by atoms with Gasteiger partial charge in [0.25, 0.3) is 0 Å². The molecule has 0 rings (SSSR count). The standard InChI is InChI=1S/C84H159NO5/c1-3-5-7-9-11-13-15-17-19-20-42-45-49-52-56-60-64-68-72-76-82(87)81(80-86)85-83(88)77-73-69-65-61-57-53-50-46-43-40-38-36-34-32-30-28-26-24-22-21-23-25-27-29-31-33-35-37-39-41-44-47-51-55-59-63-67-71-75-79-90-84(89)78-74-70-66-62-58-54-48-18-16-14-12-10-8-6-4-2/h12,14,18,21-22,48,72,76,81-82,86-87H,3-11,13,15-17,19-20,23-47,49-71,73-75,77-80H2,1-2H3,(H,85,88)/b14-12-,22-21-,48-18-,76-72+. The summed E-state index contributed by atoms with van der Waals surface area (Å²) in [5.74, 6) is -0.0511. The average molecular weight is 1260 g/mol. The van der Waals surface area contributed by atoms with Gasteiger partial charge in [0.05, 0.1) is 25.4 Å². The zero-order valence-corrected chi connectivity index (χ0v) is 60.9. The van der Waals surface area contributed by atoms with Crippen molar-refractivity contribution in [2.24, 2.45) is 0 Å². The van der Waals surface area contributed by atoms with E-state index in [1.807, 2.05) is 6.08 Å². The van der Waals surface area contributed by atoms with Gasteiger partial charge in [-0.2, -0.15) is 0 Å². The van der Waals surface area contributed by atoms with Crippen molar-refractivity contribution in [3.8, 4) is 0 Å². The summed E-state index contributed by atoms with van der Waals surface area (Å²) >= 11 is 0. The highest BCUT2D eigenvalue weighted by molar-refractivity contribution is 5.76. The molecule has 0 heterocycles. The Hall–Kier alpha value is -2.18. The number of ether oxygens (including phenoxy) is 1. The fourth-order valence-corrected chi connectivity index (χ4v) is 12.8. The molecule has 6 nitrogen and oxygen atoms in total. The van der Waals surface area contributed by atoms with Gasteiger partial charge >= 0.3 is 5.97 Å². The van der Waals surface area contributed by atoms with Crippen LogP contribution in [0.5, 0.6) is 0 Å². The normalized spacial score (nSPS) is 12.7. The van der Waals surface area contributed by atoms with Gasteiger partial charge in [-0.25, -0.2) is 0 Å². The first-order valence-electron chi connectivity index (χ1n) is 40.9. The molecule has 2 atom stereocenters. The Morgan fingerprint density at radius 2 is 0.556 bits per heavy atom. The van der Waals surface area contributed by atoms with Gasteiger partial charge in [-0.3, -0.25) is 9.59 Å². The van der Waals surface area contributed by atoms with Gasteiger partial charge in [0.1, 0.15) is 0 Å². The maximum absolute atomic E-state index is 12.5. The van der Waals surface area contributed by atoms with E-state index in [0.29, 0.717) is 19.4 Å². The lowest BCUT2D eigenvalue weighted by Crippen LogP contribution is -2.45. The lowest BCUT2D eigenvalue weighted by Gasteiger charge is -2.20. The minimum Gasteiger partial charge on any atom is -0.466 e. The maximum Gasteiger partial charge on any atom is 0.305 e. The van der Waals surface area contributed by atoms with Crippen LogP contribution in [0.25, 0.3) is 0 Å². The summed E-state index contributed by atoms with van der Waals surface area (Å²) in [6.45, 7) is 4.92. The van der Waals surface area contributed by atoms with Crippen LogP contribution in [-0.2, 0) is 14.3 Å². The third-order valence-electron chi connectivity index (χ3n) is 19.1. The predicted molar refractivity (Wildman–Crippen MR) is 398 cm³/mol. The van der Waals surface area contributed by atoms with Crippen molar-refractivity contribution in [1.29, 1.82) is 0 Å². The van der Waals surface area contributed by atoms with E-state index in [9.17, 15) is 19.8 Å². The van der Waals surface area contributed by atoms with Crippen molar-refractivity contribution in [1.82, 2.24) is 5.32 Å². The van der Waals surface area contributed by atoms with Crippen LogP contribution in [0.2, 0.25) is 0 Å². The Bertz CT molecular complexity index is 1500. The van der Waals surface area contributed by atoms with Crippen LogP contribution in [0.1, 0.15) is 450 Å². The van der Waals surface area contributed by atoms with E-state index < -0.39 is 12.1 Å². The number of aliphatic hydroxyl groups is 2. The smallest absolute Gasteiger partial charge is 0.305 e. The summed E-state index contributed by atoms with van der Waals surface area (Å²) in [6.07, 6.45) is 105. The van der Waals surface area contributed by atoms with E-state index in [4.69, 9.17) is 4.74 Å². The molecular weight excluding hydrogens is 1100 g/mol. The molecule has 90 heavy (non-hydrogen) atoms. The van der Waals surface area contributed by atoms with Gasteiger partial charge in [-0.05, 0) is 89.9 Å². The lowest BCUT2D eigenvalue weighted by molar-refractivity contribution is -0.143. The Balaban J connectivity index is 3.35. The SMILES string of the molecule is CCCCC/C=C\C/C=C\CCCCCCCC(=O)OCCCCCCCCCCCCCCCCCCCC/C=C\CCCCCCCCCCCCCCCCCCCC(=O)NC(CO)C(O)/C=C/CCCCCCCCCCCCCCCCCCC. The Kier molecular flexibility index (Phi) is 77.3. The molecule has 0 saturated carbocycles. The Labute approximate surface area is 563 Å². The predicted octanol–water partition coefficient (Wildman–Crippen LogP) is 27.2. The van der Waals surface area contributed by atoms with E-state index in [2.05, 4.69) is 55.6 Å². The molecule has 0 aromatic carbocycles. The highest BCUT2D eigenvalue weighted by atomic mass is 16.5. The molecule has 0 aromatic heterocycles. The largest absolute Gasteiger partial charge is 0.466 e. The summed E-state index contributed by atoms with van der Waals surface area (Å²) in [7, 11) is 0. The van der Waals surface area contributed by atoms with Crippen LogP contribution in [-0.4, -0.2) is 47.4 Å². The summed E-state index contributed by atoms with van der Waals surface area (Å²) in [4.78, 5) is 24.6. The quantitative estimate of drug-likeness (QED) is 0.0320. The van der Waals surface area contributed by atoms with E-state index in [1.165, 1.54) is 372 Å². The van der Waals surface area contributed by atoms with Crippen molar-refractivity contribution >= 4 is 11.9 Å². The van der Waals surface area contributed by atoms with Gasteiger partial charge in [0, 0.05) is 12.8 Å². The summed E-state index contributed by atoms with van der Waals surface area (Å²) in [6, 6.07) is -0.626. The number of amides is 1. The number of esters is 1. The fourth-order valence-electron chi connectivity index (χ4n) is 12.8. The molecule has 530 valence electrons. The number of nitrogens with one attached hydrogen (secondary N) is 1. The topological polar surface area (TPSA) is 95.9 Å².